The van der Waals surface area contributed by atoms with Gasteiger partial charge in [0.15, 0.2) is 0 Å². The van der Waals surface area contributed by atoms with Crippen LogP contribution in [0.5, 0.6) is 0 Å². The van der Waals surface area contributed by atoms with Gasteiger partial charge in [-0.05, 0) is 86.6 Å². The number of hydrogen-bond acceptors (Lipinski definition) is 9. The van der Waals surface area contributed by atoms with Crippen molar-refractivity contribution < 1.29 is 4.74 Å². The molecule has 11 heteroatoms. The Morgan fingerprint density at radius 1 is 0.696 bits per heavy atom. The van der Waals surface area contributed by atoms with Gasteiger partial charge in [-0.2, -0.15) is 10.5 Å². The summed E-state index contributed by atoms with van der Waals surface area (Å²) in [6.07, 6.45) is 9.57. The molecule has 2 aliphatic heterocycles. The fraction of sp³-hybridized carbons (Fsp3) is 0.267. The summed E-state index contributed by atoms with van der Waals surface area (Å²) < 4.78 is 5.41. The molecule has 0 radical (unpaired) electrons. The third-order valence-electron chi connectivity index (χ3n) is 10.2. The zero-order chi connectivity index (χ0) is 38.9. The molecule has 0 amide bonds. The van der Waals surface area contributed by atoms with Crippen molar-refractivity contribution in [2.45, 2.75) is 20.4 Å². The number of nitrogens with one attached hydrogen (secondary N) is 2. The van der Waals surface area contributed by atoms with Gasteiger partial charge in [0.05, 0.1) is 35.7 Å². The molecule has 0 saturated carbocycles. The van der Waals surface area contributed by atoms with Crippen molar-refractivity contribution >= 4 is 18.0 Å². The molecule has 282 valence electrons. The van der Waals surface area contributed by atoms with Crippen molar-refractivity contribution in [2.75, 3.05) is 64.4 Å². The highest BCUT2D eigenvalue weighted by atomic mass is 16.5. The molecule has 1 aromatic carbocycles. The Balaban J connectivity index is 0.000000172. The van der Waals surface area contributed by atoms with E-state index in [-0.39, 0.29) is 0 Å². The number of anilines is 1. The molecule has 56 heavy (non-hydrogen) atoms. The average molecular weight is 743 g/mol. The molecule has 2 N–H and O–H groups in total. The molecule has 0 atom stereocenters. The first-order valence-electron chi connectivity index (χ1n) is 18.9. The predicted octanol–water partition coefficient (Wildman–Crippen LogP) is 7.33. The van der Waals surface area contributed by atoms with Gasteiger partial charge in [0, 0.05) is 104 Å². The van der Waals surface area contributed by atoms with E-state index in [1.54, 1.807) is 12.4 Å². The number of ether oxygens (including phenoxy) is 1. The monoisotopic (exact) mass is 742 g/mol. The van der Waals surface area contributed by atoms with Crippen LogP contribution in [0, 0.1) is 36.5 Å². The number of nitrogens with zero attached hydrogens (tertiary/aromatic N) is 8. The summed E-state index contributed by atoms with van der Waals surface area (Å²) in [4.78, 5) is 27.2. The van der Waals surface area contributed by atoms with E-state index in [0.717, 1.165) is 121 Å². The van der Waals surface area contributed by atoms with Crippen molar-refractivity contribution in [3.05, 3.63) is 131 Å². The van der Waals surface area contributed by atoms with E-state index < -0.39 is 0 Å². The molecule has 2 aliphatic rings. The molecule has 0 unspecified atom stereocenters. The summed E-state index contributed by atoms with van der Waals surface area (Å²) in [5, 5.41) is 18.3. The quantitative estimate of drug-likeness (QED) is 0.164. The number of morpholine rings is 1. The molecule has 0 aliphatic carbocycles. The smallest absolute Gasteiger partial charge is 0.128 e. The lowest BCUT2D eigenvalue weighted by Crippen LogP contribution is -2.44. The van der Waals surface area contributed by atoms with Crippen molar-refractivity contribution in [3.8, 4) is 45.9 Å². The van der Waals surface area contributed by atoms with Crippen LogP contribution in [0.4, 0.5) is 5.82 Å². The van der Waals surface area contributed by atoms with Crippen LogP contribution in [0.15, 0.2) is 91.4 Å². The van der Waals surface area contributed by atoms with E-state index in [1.165, 1.54) is 5.56 Å². The van der Waals surface area contributed by atoms with Crippen LogP contribution >= 0.6 is 0 Å². The minimum absolute atomic E-state index is 0.668. The fourth-order valence-electron chi connectivity index (χ4n) is 6.82. The first-order valence-corrected chi connectivity index (χ1v) is 18.9. The van der Waals surface area contributed by atoms with E-state index in [0.29, 0.717) is 11.1 Å². The standard InChI is InChI=1S/C24H24N4O.C21H22N6/c1-18-22(16-25)15-24(27-18)21-8-9-26-23(14-21)7-6-19-2-4-20(5-3-19)17-28-10-12-29-13-11-28;1-15-18(13-22)12-20(25-15)16-5-6-23-19(11-16)17-3-4-21(24-14-17)27-9-7-26(2)8-10-27/h2-9,14-15,27H,10-13,17H2,1H3;3-6,11-12,14,25H,7-10H2,1-2H3/b7-6+;. The molecule has 0 spiro atoms. The van der Waals surface area contributed by atoms with Crippen molar-refractivity contribution in [3.63, 3.8) is 0 Å². The second-order valence-electron chi connectivity index (χ2n) is 14.2. The van der Waals surface area contributed by atoms with Crippen LogP contribution in [-0.2, 0) is 11.3 Å². The normalized spacial score (nSPS) is 14.9. The summed E-state index contributed by atoms with van der Waals surface area (Å²) in [5.74, 6) is 1.02. The van der Waals surface area contributed by atoms with Gasteiger partial charge in [-0.3, -0.25) is 14.9 Å². The predicted molar refractivity (Wildman–Crippen MR) is 221 cm³/mol. The Bertz CT molecular complexity index is 2350. The van der Waals surface area contributed by atoms with Crippen LogP contribution in [-0.4, -0.2) is 94.2 Å². The maximum Gasteiger partial charge on any atom is 0.128 e. The largest absolute Gasteiger partial charge is 0.379 e. The number of piperazine rings is 1. The van der Waals surface area contributed by atoms with Crippen LogP contribution in [0.3, 0.4) is 0 Å². The molecule has 2 saturated heterocycles. The molecule has 0 bridgehead atoms. The fourth-order valence-corrected chi connectivity index (χ4v) is 6.82. The SMILES string of the molecule is Cc1[nH]c(-c2ccnc(-c3ccc(N4CCN(C)CC4)nc3)c2)cc1C#N.Cc1[nH]c(-c2ccnc(/C=C/c3ccc(CN4CCOCC4)cc3)c2)cc1C#N. The highest BCUT2D eigenvalue weighted by molar-refractivity contribution is 5.72. The number of likely N-dealkylation sites (N-methyl/N-ethyl adjacent to an activating group) is 1. The van der Waals surface area contributed by atoms with Gasteiger partial charge in [0.2, 0.25) is 0 Å². The Morgan fingerprint density at radius 3 is 1.95 bits per heavy atom. The molecule has 5 aromatic heterocycles. The van der Waals surface area contributed by atoms with E-state index in [9.17, 15) is 0 Å². The van der Waals surface area contributed by atoms with Crippen molar-refractivity contribution in [1.29, 1.82) is 10.5 Å². The number of aromatic nitrogens is 5. The molecule has 11 nitrogen and oxygen atoms in total. The lowest BCUT2D eigenvalue weighted by Gasteiger charge is -2.33. The number of pyridine rings is 3. The van der Waals surface area contributed by atoms with E-state index in [4.69, 9.17) is 15.3 Å². The van der Waals surface area contributed by atoms with Crippen LogP contribution < -0.4 is 4.90 Å². The van der Waals surface area contributed by atoms with Gasteiger partial charge in [0.1, 0.15) is 18.0 Å². The van der Waals surface area contributed by atoms with E-state index in [2.05, 4.69) is 101 Å². The molecular formula is C45H46N10O. The van der Waals surface area contributed by atoms with Crippen LogP contribution in [0.2, 0.25) is 0 Å². The van der Waals surface area contributed by atoms with Gasteiger partial charge < -0.3 is 24.5 Å². The van der Waals surface area contributed by atoms with Gasteiger partial charge in [0.25, 0.3) is 0 Å². The zero-order valence-electron chi connectivity index (χ0n) is 32.2. The van der Waals surface area contributed by atoms with Crippen LogP contribution in [0.1, 0.15) is 39.3 Å². The maximum atomic E-state index is 9.16. The molecule has 8 rings (SSSR count). The molecular weight excluding hydrogens is 697 g/mol. The third kappa shape index (κ3) is 9.46. The maximum absolute atomic E-state index is 9.16. The zero-order valence-corrected chi connectivity index (χ0v) is 32.2. The van der Waals surface area contributed by atoms with Gasteiger partial charge in [-0.15, -0.1) is 0 Å². The highest BCUT2D eigenvalue weighted by Gasteiger charge is 2.16. The summed E-state index contributed by atoms with van der Waals surface area (Å²) in [5.41, 5.74) is 12.2. The lowest BCUT2D eigenvalue weighted by atomic mass is 10.1. The minimum Gasteiger partial charge on any atom is -0.379 e. The molecule has 6 aromatic rings. The number of aromatic amines is 2. The van der Waals surface area contributed by atoms with Gasteiger partial charge >= 0.3 is 0 Å². The second kappa shape index (κ2) is 17.8. The Morgan fingerprint density at radius 2 is 1.34 bits per heavy atom. The topological polar surface area (TPSA) is 137 Å². The minimum atomic E-state index is 0.668. The van der Waals surface area contributed by atoms with Gasteiger partial charge in [-0.1, -0.05) is 30.3 Å². The first-order chi connectivity index (χ1) is 27.3. The first kappa shape index (κ1) is 37.9. The third-order valence-corrected chi connectivity index (χ3v) is 10.2. The molecule has 7 heterocycles. The van der Waals surface area contributed by atoms with Gasteiger partial charge in [-0.25, -0.2) is 4.98 Å². The summed E-state index contributed by atoms with van der Waals surface area (Å²) in [7, 11) is 2.15. The Kier molecular flexibility index (Phi) is 12.1. The van der Waals surface area contributed by atoms with Crippen molar-refractivity contribution in [1.82, 2.24) is 34.7 Å². The number of rotatable bonds is 8. The lowest BCUT2D eigenvalue weighted by molar-refractivity contribution is 0.0342. The summed E-state index contributed by atoms with van der Waals surface area (Å²) >= 11 is 0. The number of hydrogen-bond donors (Lipinski definition) is 2. The van der Waals surface area contributed by atoms with E-state index >= 15 is 0 Å². The van der Waals surface area contributed by atoms with Crippen molar-refractivity contribution in [2.24, 2.45) is 0 Å². The second-order valence-corrected chi connectivity index (χ2v) is 14.2. The number of aryl methyl sites for hydroxylation is 2. The number of benzene rings is 1. The number of nitriles is 2. The summed E-state index contributed by atoms with van der Waals surface area (Å²) in [6, 6.07) is 28.9. The van der Waals surface area contributed by atoms with Crippen LogP contribution in [0.25, 0.3) is 45.9 Å². The summed E-state index contributed by atoms with van der Waals surface area (Å²) in [6.45, 7) is 12.6. The Hall–Kier alpha value is -6.37. The highest BCUT2D eigenvalue weighted by Crippen LogP contribution is 2.27. The Labute approximate surface area is 328 Å². The average Bonchev–Trinajstić information content (AvgIpc) is 3.83. The number of H-pyrrole nitrogens is 2. The molecule has 2 fully saturated rings. The van der Waals surface area contributed by atoms with E-state index in [1.807, 2.05) is 62.5 Å².